The number of amides is 3. The fourth-order valence-corrected chi connectivity index (χ4v) is 2.81. The Hall–Kier alpha value is -2.88. The van der Waals surface area contributed by atoms with Crippen LogP contribution in [0.15, 0.2) is 42.1 Å². The molecule has 1 aromatic carbocycles. The van der Waals surface area contributed by atoms with Crippen LogP contribution < -0.4 is 15.4 Å². The molecule has 27 heavy (non-hydrogen) atoms. The minimum absolute atomic E-state index is 0.00738. The van der Waals surface area contributed by atoms with Crippen LogP contribution in [-0.4, -0.2) is 39.0 Å². The van der Waals surface area contributed by atoms with Gasteiger partial charge in [-0.3, -0.25) is 14.7 Å². The van der Waals surface area contributed by atoms with Gasteiger partial charge in [0.15, 0.2) is 22.5 Å². The predicted molar refractivity (Wildman–Crippen MR) is 98.9 cm³/mol. The van der Waals surface area contributed by atoms with Gasteiger partial charge >= 0.3 is 6.03 Å². The van der Waals surface area contributed by atoms with Crippen LogP contribution in [-0.2, 0) is 17.9 Å². The van der Waals surface area contributed by atoms with E-state index in [1.165, 1.54) is 12.1 Å². The lowest BCUT2D eigenvalue weighted by Crippen LogP contribution is -2.40. The number of carbonyl (C=O) groups is 2. The molecule has 2 rings (SSSR count). The number of thioether (sulfide) groups is 1. The molecule has 0 aliphatic carbocycles. The van der Waals surface area contributed by atoms with Crippen LogP contribution in [0.5, 0.6) is 5.75 Å². The van der Waals surface area contributed by atoms with Crippen molar-refractivity contribution < 1.29 is 18.7 Å². The fourth-order valence-electron chi connectivity index (χ4n) is 2.05. The number of para-hydroxylation sites is 1. The number of urea groups is 1. The number of carbonyl (C=O) groups excluding carboxylic acids is 2. The van der Waals surface area contributed by atoms with Gasteiger partial charge in [-0.1, -0.05) is 30.0 Å². The van der Waals surface area contributed by atoms with E-state index in [-0.39, 0.29) is 18.1 Å². The maximum absolute atomic E-state index is 13.6. The van der Waals surface area contributed by atoms with Crippen LogP contribution >= 0.6 is 11.8 Å². The van der Waals surface area contributed by atoms with Gasteiger partial charge in [-0.2, -0.15) is 0 Å². The van der Waals surface area contributed by atoms with Crippen molar-refractivity contribution in [3.63, 3.8) is 0 Å². The van der Waals surface area contributed by atoms with Gasteiger partial charge in [-0.05, 0) is 19.1 Å². The zero-order valence-corrected chi connectivity index (χ0v) is 15.6. The molecule has 0 radical (unpaired) electrons. The number of halogens is 1. The van der Waals surface area contributed by atoms with Crippen LogP contribution in [0, 0.1) is 5.82 Å². The van der Waals surface area contributed by atoms with Gasteiger partial charge in [0.1, 0.15) is 6.61 Å². The number of rotatable bonds is 9. The van der Waals surface area contributed by atoms with Crippen molar-refractivity contribution in [3.8, 4) is 5.75 Å². The van der Waals surface area contributed by atoms with Gasteiger partial charge in [0, 0.05) is 13.1 Å². The number of nitrogens with zero attached hydrogens (tertiary/aromatic N) is 3. The summed E-state index contributed by atoms with van der Waals surface area (Å²) in [7, 11) is 0. The van der Waals surface area contributed by atoms with E-state index in [9.17, 15) is 14.0 Å². The molecule has 0 saturated carbocycles. The second-order valence-corrected chi connectivity index (χ2v) is 6.16. The first-order chi connectivity index (χ1) is 13.0. The maximum atomic E-state index is 13.6. The molecule has 0 unspecified atom stereocenters. The van der Waals surface area contributed by atoms with Gasteiger partial charge < -0.3 is 10.1 Å². The SMILES string of the molecule is C=CCn1c(COc2ccccc2F)nnc1SCC(=O)NC(=O)NCC. The van der Waals surface area contributed by atoms with Crippen molar-refractivity contribution in [2.45, 2.75) is 25.2 Å². The van der Waals surface area contributed by atoms with Crippen LogP contribution in [0.4, 0.5) is 9.18 Å². The van der Waals surface area contributed by atoms with Crippen LogP contribution in [0.3, 0.4) is 0 Å². The van der Waals surface area contributed by atoms with Gasteiger partial charge in [-0.25, -0.2) is 9.18 Å². The van der Waals surface area contributed by atoms with Crippen molar-refractivity contribution in [3.05, 3.63) is 48.6 Å². The van der Waals surface area contributed by atoms with Crippen molar-refractivity contribution in [1.82, 2.24) is 25.4 Å². The number of hydrogen-bond acceptors (Lipinski definition) is 6. The predicted octanol–water partition coefficient (Wildman–Crippen LogP) is 2.12. The van der Waals surface area contributed by atoms with E-state index >= 15 is 0 Å². The Morgan fingerprint density at radius 1 is 1.37 bits per heavy atom. The molecule has 0 bridgehead atoms. The molecule has 0 aliphatic rings. The minimum Gasteiger partial charge on any atom is -0.483 e. The lowest BCUT2D eigenvalue weighted by molar-refractivity contribution is -0.117. The molecule has 0 aliphatic heterocycles. The van der Waals surface area contributed by atoms with E-state index in [2.05, 4.69) is 27.4 Å². The average molecular weight is 393 g/mol. The molecule has 1 heterocycles. The summed E-state index contributed by atoms with van der Waals surface area (Å²) in [6, 6.07) is 5.52. The highest BCUT2D eigenvalue weighted by atomic mass is 32.2. The molecule has 10 heteroatoms. The maximum Gasteiger partial charge on any atom is 0.321 e. The third-order valence-electron chi connectivity index (χ3n) is 3.22. The average Bonchev–Trinajstić information content (AvgIpc) is 3.02. The summed E-state index contributed by atoms with van der Waals surface area (Å²) in [5.74, 6) is -0.362. The number of nitrogens with one attached hydrogen (secondary N) is 2. The summed E-state index contributed by atoms with van der Waals surface area (Å²) >= 11 is 1.12. The molecule has 0 atom stereocenters. The van der Waals surface area contributed by atoms with E-state index in [1.54, 1.807) is 29.7 Å². The monoisotopic (exact) mass is 393 g/mol. The first kappa shape index (κ1) is 20.4. The third-order valence-corrected chi connectivity index (χ3v) is 4.19. The lowest BCUT2D eigenvalue weighted by Gasteiger charge is -2.09. The number of allylic oxidation sites excluding steroid dienone is 1. The Balaban J connectivity index is 1.99. The molecule has 0 fully saturated rings. The van der Waals surface area contributed by atoms with Crippen LogP contribution in [0.1, 0.15) is 12.7 Å². The van der Waals surface area contributed by atoms with Gasteiger partial charge in [0.2, 0.25) is 5.91 Å². The molecule has 0 saturated heterocycles. The Labute approximate surface area is 160 Å². The highest BCUT2D eigenvalue weighted by Crippen LogP contribution is 2.20. The number of ether oxygens (including phenoxy) is 1. The number of imide groups is 1. The first-order valence-electron chi connectivity index (χ1n) is 8.16. The standard InChI is InChI=1S/C17H20FN5O3S/c1-3-9-23-14(10-26-13-8-6-5-7-12(13)18)21-22-17(23)27-11-15(24)20-16(25)19-4-2/h3,5-8H,1,4,9-11H2,2H3,(H2,19,20,24,25). The lowest BCUT2D eigenvalue weighted by atomic mass is 10.3. The van der Waals surface area contributed by atoms with Crippen molar-refractivity contribution in [2.75, 3.05) is 12.3 Å². The highest BCUT2D eigenvalue weighted by Gasteiger charge is 2.15. The Morgan fingerprint density at radius 3 is 2.85 bits per heavy atom. The van der Waals surface area contributed by atoms with Crippen molar-refractivity contribution in [1.29, 1.82) is 0 Å². The summed E-state index contributed by atoms with van der Waals surface area (Å²) in [6.07, 6.45) is 1.65. The normalized spacial score (nSPS) is 10.3. The second-order valence-electron chi connectivity index (χ2n) is 5.21. The minimum atomic E-state index is -0.547. The van der Waals surface area contributed by atoms with Crippen molar-refractivity contribution >= 4 is 23.7 Å². The number of aromatic nitrogens is 3. The van der Waals surface area contributed by atoms with Gasteiger partial charge in [0.05, 0.1) is 5.75 Å². The fraction of sp³-hybridized carbons (Fsp3) is 0.294. The van der Waals surface area contributed by atoms with E-state index in [1.807, 2.05) is 0 Å². The molecule has 3 amide bonds. The van der Waals surface area contributed by atoms with Crippen molar-refractivity contribution in [2.24, 2.45) is 0 Å². The molecule has 2 N–H and O–H groups in total. The zero-order valence-electron chi connectivity index (χ0n) is 14.8. The molecular weight excluding hydrogens is 373 g/mol. The summed E-state index contributed by atoms with van der Waals surface area (Å²) in [4.78, 5) is 23.1. The first-order valence-corrected chi connectivity index (χ1v) is 9.14. The molecule has 1 aromatic heterocycles. The van der Waals surface area contributed by atoms with Crippen LogP contribution in [0.2, 0.25) is 0 Å². The molecule has 2 aromatic rings. The highest BCUT2D eigenvalue weighted by molar-refractivity contribution is 7.99. The Bertz CT molecular complexity index is 812. The summed E-state index contributed by atoms with van der Waals surface area (Å²) in [5.41, 5.74) is 0. The molecule has 8 nitrogen and oxygen atoms in total. The summed E-state index contributed by atoms with van der Waals surface area (Å²) in [5, 5.41) is 13.2. The smallest absolute Gasteiger partial charge is 0.321 e. The quantitative estimate of drug-likeness (QED) is 0.500. The van der Waals surface area contributed by atoms with E-state index in [4.69, 9.17) is 4.74 Å². The van der Waals surface area contributed by atoms with Gasteiger partial charge in [-0.15, -0.1) is 16.8 Å². The van der Waals surface area contributed by atoms with Crippen LogP contribution in [0.25, 0.3) is 0 Å². The van der Waals surface area contributed by atoms with Gasteiger partial charge in [0.25, 0.3) is 0 Å². The summed E-state index contributed by atoms with van der Waals surface area (Å²) in [6.45, 7) is 6.26. The Kier molecular flexibility index (Phi) is 7.80. The molecule has 0 spiro atoms. The zero-order chi connectivity index (χ0) is 19.6. The second kappa shape index (κ2) is 10.3. The van der Waals surface area contributed by atoms with E-state index in [0.29, 0.717) is 24.1 Å². The van der Waals surface area contributed by atoms with E-state index in [0.717, 1.165) is 11.8 Å². The summed E-state index contributed by atoms with van der Waals surface area (Å²) < 4.78 is 20.8. The topological polar surface area (TPSA) is 98.1 Å². The Morgan fingerprint density at radius 2 is 2.15 bits per heavy atom. The molecular formula is C17H20FN5O3S. The number of hydrogen-bond donors (Lipinski definition) is 2. The largest absolute Gasteiger partial charge is 0.483 e. The number of benzene rings is 1. The molecule has 144 valence electrons. The third kappa shape index (κ3) is 6.10. The van der Waals surface area contributed by atoms with E-state index < -0.39 is 17.8 Å².